The average Bonchev–Trinajstić information content (AvgIpc) is 2.44. The molecular weight excluding hydrogens is 318 g/mol. The van der Waals surface area contributed by atoms with Crippen LogP contribution in [0.3, 0.4) is 0 Å². The highest BCUT2D eigenvalue weighted by Gasteiger charge is 2.32. The second-order valence-corrected chi connectivity index (χ2v) is 9.57. The van der Waals surface area contributed by atoms with Crippen LogP contribution in [0.15, 0.2) is 29.2 Å². The van der Waals surface area contributed by atoms with Crippen molar-refractivity contribution >= 4 is 28.3 Å². The van der Waals surface area contributed by atoms with Gasteiger partial charge < -0.3 is 5.32 Å². The molecule has 23 heavy (non-hydrogen) atoms. The Morgan fingerprint density at radius 2 is 2.04 bits per heavy atom. The van der Waals surface area contributed by atoms with Gasteiger partial charge in [-0.3, -0.25) is 0 Å². The zero-order valence-corrected chi connectivity index (χ0v) is 16.7. The fourth-order valence-electron chi connectivity index (χ4n) is 3.93. The third-order valence-electron chi connectivity index (χ3n) is 4.68. The van der Waals surface area contributed by atoms with Gasteiger partial charge in [-0.2, -0.15) is 0 Å². The molecule has 0 saturated heterocycles. The second-order valence-electron chi connectivity index (χ2n) is 7.86. The number of thiocarbonyl (C=S) groups is 1. The Kier molecular flexibility index (Phi) is 6.97. The average molecular weight is 350 g/mol. The molecule has 2 rings (SSSR count). The van der Waals surface area contributed by atoms with Crippen molar-refractivity contribution in [3.63, 3.8) is 0 Å². The summed E-state index contributed by atoms with van der Waals surface area (Å²) in [6.07, 6.45) is 7.40. The molecule has 2 atom stereocenters. The van der Waals surface area contributed by atoms with Crippen LogP contribution in [0.5, 0.6) is 0 Å². The van der Waals surface area contributed by atoms with E-state index in [9.17, 15) is 0 Å². The zero-order chi connectivity index (χ0) is 16.9. The third kappa shape index (κ3) is 6.11. The summed E-state index contributed by atoms with van der Waals surface area (Å²) in [5.74, 6) is 0.779. The molecule has 0 heterocycles. The first-order valence-corrected chi connectivity index (χ1v) is 10.2. The molecule has 0 spiro atoms. The predicted octanol–water partition coefficient (Wildman–Crippen LogP) is 6.21. The number of benzene rings is 1. The van der Waals surface area contributed by atoms with Crippen LogP contribution in [-0.2, 0) is 6.42 Å². The number of hydrogen-bond donors (Lipinski definition) is 1. The van der Waals surface area contributed by atoms with Gasteiger partial charge in [-0.1, -0.05) is 76.3 Å². The SMILES string of the molecule is CCCCc1ccccc1SC(=S)NC1CC(C)CC(C)(C)C1. The smallest absolute Gasteiger partial charge is 0.138 e. The van der Waals surface area contributed by atoms with Gasteiger partial charge in [0.2, 0.25) is 0 Å². The van der Waals surface area contributed by atoms with Gasteiger partial charge in [0, 0.05) is 10.9 Å². The minimum absolute atomic E-state index is 0.425. The molecule has 1 aromatic carbocycles. The van der Waals surface area contributed by atoms with Gasteiger partial charge in [-0.15, -0.1) is 0 Å². The van der Waals surface area contributed by atoms with Crippen molar-refractivity contribution in [1.82, 2.24) is 5.32 Å². The summed E-state index contributed by atoms with van der Waals surface area (Å²) in [7, 11) is 0. The maximum Gasteiger partial charge on any atom is 0.138 e. The molecule has 1 N–H and O–H groups in total. The first-order valence-electron chi connectivity index (χ1n) is 8.96. The van der Waals surface area contributed by atoms with Gasteiger partial charge in [0.1, 0.15) is 4.32 Å². The van der Waals surface area contributed by atoms with Crippen LogP contribution in [0.1, 0.15) is 65.4 Å². The summed E-state index contributed by atoms with van der Waals surface area (Å²) in [6, 6.07) is 9.23. The highest BCUT2D eigenvalue weighted by molar-refractivity contribution is 8.23. The fraction of sp³-hybridized carbons (Fsp3) is 0.650. The van der Waals surface area contributed by atoms with Crippen molar-refractivity contribution in [2.75, 3.05) is 0 Å². The number of aryl methyl sites for hydroxylation is 1. The van der Waals surface area contributed by atoms with Crippen molar-refractivity contribution < 1.29 is 0 Å². The number of rotatable bonds is 5. The van der Waals surface area contributed by atoms with Gasteiger partial charge in [0.25, 0.3) is 0 Å². The van der Waals surface area contributed by atoms with Crippen LogP contribution in [0.2, 0.25) is 0 Å². The molecule has 3 heteroatoms. The van der Waals surface area contributed by atoms with Gasteiger partial charge in [-0.05, 0) is 55.1 Å². The van der Waals surface area contributed by atoms with E-state index < -0.39 is 0 Å². The summed E-state index contributed by atoms with van der Waals surface area (Å²) >= 11 is 7.39. The largest absolute Gasteiger partial charge is 0.368 e. The van der Waals surface area contributed by atoms with E-state index in [0.717, 1.165) is 16.7 Å². The first-order chi connectivity index (χ1) is 10.9. The fourth-order valence-corrected chi connectivity index (χ4v) is 5.24. The Labute approximate surface area is 152 Å². The van der Waals surface area contributed by atoms with E-state index in [1.165, 1.54) is 42.6 Å². The van der Waals surface area contributed by atoms with Crippen molar-refractivity contribution in [3.8, 4) is 0 Å². The van der Waals surface area contributed by atoms with Gasteiger partial charge >= 0.3 is 0 Å². The number of nitrogens with one attached hydrogen (secondary N) is 1. The highest BCUT2D eigenvalue weighted by Crippen LogP contribution is 2.39. The van der Waals surface area contributed by atoms with E-state index in [4.69, 9.17) is 12.2 Å². The Bertz CT molecular complexity index is 524. The van der Waals surface area contributed by atoms with Gasteiger partial charge in [-0.25, -0.2) is 0 Å². The summed E-state index contributed by atoms with van der Waals surface area (Å²) in [4.78, 5) is 1.32. The molecule has 1 saturated carbocycles. The van der Waals surface area contributed by atoms with E-state index in [0.29, 0.717) is 11.5 Å². The van der Waals surface area contributed by atoms with E-state index in [-0.39, 0.29) is 0 Å². The number of hydrogen-bond acceptors (Lipinski definition) is 2. The van der Waals surface area contributed by atoms with Crippen LogP contribution >= 0.6 is 24.0 Å². The molecule has 1 aliphatic rings. The molecule has 1 fully saturated rings. The van der Waals surface area contributed by atoms with Crippen LogP contribution in [-0.4, -0.2) is 10.4 Å². The summed E-state index contributed by atoms with van der Waals surface area (Å²) in [5.41, 5.74) is 1.86. The first kappa shape index (κ1) is 18.8. The summed E-state index contributed by atoms with van der Waals surface area (Å²) < 4.78 is 0.934. The van der Waals surface area contributed by atoms with Crippen molar-refractivity contribution in [3.05, 3.63) is 29.8 Å². The second kappa shape index (κ2) is 8.53. The lowest BCUT2D eigenvalue weighted by molar-refractivity contribution is 0.162. The monoisotopic (exact) mass is 349 g/mol. The summed E-state index contributed by atoms with van der Waals surface area (Å²) in [6.45, 7) is 9.38. The molecule has 2 unspecified atom stereocenters. The van der Waals surface area contributed by atoms with E-state index >= 15 is 0 Å². The molecule has 1 nitrogen and oxygen atoms in total. The van der Waals surface area contributed by atoms with Crippen LogP contribution in [0.4, 0.5) is 0 Å². The van der Waals surface area contributed by atoms with Crippen molar-refractivity contribution in [1.29, 1.82) is 0 Å². The number of thioether (sulfide) groups is 1. The molecule has 128 valence electrons. The Morgan fingerprint density at radius 1 is 1.30 bits per heavy atom. The van der Waals surface area contributed by atoms with Crippen molar-refractivity contribution in [2.24, 2.45) is 11.3 Å². The summed E-state index contributed by atoms with van der Waals surface area (Å²) in [5, 5.41) is 3.63. The topological polar surface area (TPSA) is 12.0 Å². The van der Waals surface area contributed by atoms with Crippen LogP contribution < -0.4 is 5.32 Å². The van der Waals surface area contributed by atoms with Crippen LogP contribution in [0.25, 0.3) is 0 Å². The minimum atomic E-state index is 0.425. The van der Waals surface area contributed by atoms with Crippen LogP contribution in [0, 0.1) is 11.3 Å². The molecule has 0 amide bonds. The maximum absolute atomic E-state index is 5.65. The molecule has 1 aliphatic carbocycles. The molecule has 0 aromatic heterocycles. The van der Waals surface area contributed by atoms with Gasteiger partial charge in [0.05, 0.1) is 0 Å². The van der Waals surface area contributed by atoms with Crippen molar-refractivity contribution in [2.45, 2.75) is 77.2 Å². The lowest BCUT2D eigenvalue weighted by Gasteiger charge is -2.39. The molecule has 0 bridgehead atoms. The Balaban J connectivity index is 1.94. The molecule has 1 aromatic rings. The van der Waals surface area contributed by atoms with Gasteiger partial charge in [0.15, 0.2) is 0 Å². The Morgan fingerprint density at radius 3 is 2.74 bits per heavy atom. The Hall–Kier alpha value is -0.540. The zero-order valence-electron chi connectivity index (χ0n) is 15.0. The highest BCUT2D eigenvalue weighted by atomic mass is 32.2. The molecule has 0 aliphatic heterocycles. The standard InChI is InChI=1S/C20H31NS2/c1-5-6-9-16-10-7-8-11-18(16)23-19(22)21-17-12-15(2)13-20(3,4)14-17/h7-8,10-11,15,17H,5-6,9,12-14H2,1-4H3,(H,21,22). The molecule has 0 radical (unpaired) electrons. The molecular formula is C20H31NS2. The quantitative estimate of drug-likeness (QED) is 0.501. The minimum Gasteiger partial charge on any atom is -0.368 e. The lowest BCUT2D eigenvalue weighted by atomic mass is 9.71. The normalized spacial score (nSPS) is 23.5. The van der Waals surface area contributed by atoms with E-state index in [1.54, 1.807) is 11.8 Å². The maximum atomic E-state index is 5.65. The van der Waals surface area contributed by atoms with E-state index in [2.05, 4.69) is 57.3 Å². The predicted molar refractivity (Wildman–Crippen MR) is 107 cm³/mol. The lowest BCUT2D eigenvalue weighted by Crippen LogP contribution is -2.41. The number of unbranched alkanes of at least 4 members (excludes halogenated alkanes) is 1. The van der Waals surface area contributed by atoms with E-state index in [1.807, 2.05) is 0 Å². The third-order valence-corrected chi connectivity index (χ3v) is 5.97.